The minimum Gasteiger partial charge on any atom is -0.340 e. The molecule has 1 aromatic rings. The molecule has 3 rings (SSSR count). The zero-order valence-electron chi connectivity index (χ0n) is 13.8. The molecule has 5 heteroatoms. The van der Waals surface area contributed by atoms with Crippen LogP contribution in [0.25, 0.3) is 0 Å². The van der Waals surface area contributed by atoms with Crippen LogP contribution in [0.5, 0.6) is 0 Å². The number of nitrogens with zero attached hydrogens (tertiary/aromatic N) is 2. The normalized spacial score (nSPS) is 25.7. The molecule has 2 atom stereocenters. The van der Waals surface area contributed by atoms with Crippen molar-refractivity contribution in [2.24, 2.45) is 0 Å². The third-order valence-corrected chi connectivity index (χ3v) is 5.09. The zero-order chi connectivity index (χ0) is 16.2. The average molecular weight is 319 g/mol. The Balaban J connectivity index is 1.63. The number of amides is 1. The lowest BCUT2D eigenvalue weighted by molar-refractivity contribution is -0.137. The van der Waals surface area contributed by atoms with Crippen molar-refractivity contribution in [1.82, 2.24) is 15.1 Å². The van der Waals surface area contributed by atoms with Gasteiger partial charge in [-0.05, 0) is 57.0 Å². The predicted octanol–water partition coefficient (Wildman–Crippen LogP) is 2.00. The van der Waals surface area contributed by atoms with Crippen LogP contribution in [-0.2, 0) is 11.3 Å². The van der Waals surface area contributed by atoms with Gasteiger partial charge < -0.3 is 10.2 Å². The molecular formula is C18H26FN3O. The monoisotopic (exact) mass is 319 g/mol. The Morgan fingerprint density at radius 2 is 1.96 bits per heavy atom. The van der Waals surface area contributed by atoms with Crippen LogP contribution in [0.3, 0.4) is 0 Å². The molecule has 0 bridgehead atoms. The number of piperidine rings is 1. The van der Waals surface area contributed by atoms with E-state index in [4.69, 9.17) is 0 Å². The average Bonchev–Trinajstić information content (AvgIpc) is 3.04. The lowest BCUT2D eigenvalue weighted by atomic mass is 10.0. The summed E-state index contributed by atoms with van der Waals surface area (Å²) in [4.78, 5) is 17.2. The minimum absolute atomic E-state index is 0.0179. The first-order chi connectivity index (χ1) is 11.2. The highest BCUT2D eigenvalue weighted by Gasteiger charge is 2.35. The highest BCUT2D eigenvalue weighted by molar-refractivity contribution is 5.82. The number of likely N-dealkylation sites (tertiary alicyclic amines) is 2. The van der Waals surface area contributed by atoms with E-state index >= 15 is 0 Å². The fourth-order valence-corrected chi connectivity index (χ4v) is 3.74. The molecule has 23 heavy (non-hydrogen) atoms. The van der Waals surface area contributed by atoms with Gasteiger partial charge >= 0.3 is 0 Å². The van der Waals surface area contributed by atoms with Gasteiger partial charge in [-0.1, -0.05) is 12.1 Å². The van der Waals surface area contributed by atoms with Gasteiger partial charge in [0.1, 0.15) is 5.82 Å². The molecule has 126 valence electrons. The van der Waals surface area contributed by atoms with E-state index in [0.717, 1.165) is 57.4 Å². The molecule has 2 aliphatic rings. The second-order valence-corrected chi connectivity index (χ2v) is 6.67. The summed E-state index contributed by atoms with van der Waals surface area (Å²) in [5, 5.41) is 3.29. The molecule has 2 heterocycles. The summed E-state index contributed by atoms with van der Waals surface area (Å²) < 4.78 is 13.0. The molecule has 0 saturated carbocycles. The second-order valence-electron chi connectivity index (χ2n) is 6.67. The number of carbonyl (C=O) groups is 1. The number of carbonyl (C=O) groups excluding carboxylic acids is 1. The van der Waals surface area contributed by atoms with Crippen LogP contribution >= 0.6 is 0 Å². The Bertz CT molecular complexity index is 534. The summed E-state index contributed by atoms with van der Waals surface area (Å²) in [6, 6.07) is 7.00. The quantitative estimate of drug-likeness (QED) is 0.922. The summed E-state index contributed by atoms with van der Waals surface area (Å²) in [5.74, 6) is 0.0544. The van der Waals surface area contributed by atoms with Gasteiger partial charge in [0.05, 0.1) is 6.04 Å². The summed E-state index contributed by atoms with van der Waals surface area (Å²) in [7, 11) is 1.97. The third kappa shape index (κ3) is 3.90. The van der Waals surface area contributed by atoms with Crippen molar-refractivity contribution in [3.05, 3.63) is 35.6 Å². The van der Waals surface area contributed by atoms with E-state index in [1.165, 1.54) is 12.1 Å². The fraction of sp³-hybridized carbons (Fsp3) is 0.611. The third-order valence-electron chi connectivity index (χ3n) is 5.09. The van der Waals surface area contributed by atoms with Crippen molar-refractivity contribution < 1.29 is 9.18 Å². The van der Waals surface area contributed by atoms with Crippen molar-refractivity contribution in [1.29, 1.82) is 0 Å². The maximum atomic E-state index is 13.0. The highest BCUT2D eigenvalue weighted by atomic mass is 19.1. The first-order valence-corrected chi connectivity index (χ1v) is 8.62. The second kappa shape index (κ2) is 7.41. The molecule has 0 aromatic heterocycles. The van der Waals surface area contributed by atoms with E-state index in [9.17, 15) is 9.18 Å². The number of nitrogens with one attached hydrogen (secondary N) is 1. The van der Waals surface area contributed by atoms with Crippen molar-refractivity contribution in [2.45, 2.75) is 44.3 Å². The largest absolute Gasteiger partial charge is 0.340 e. The molecule has 2 aliphatic heterocycles. The maximum Gasteiger partial charge on any atom is 0.239 e. The topological polar surface area (TPSA) is 35.6 Å². The SMILES string of the molecule is CNC1CCCN(C(=O)C2CCCN2Cc2ccc(F)cc2)C1. The molecular weight excluding hydrogens is 293 g/mol. The van der Waals surface area contributed by atoms with Gasteiger partial charge in [-0.15, -0.1) is 0 Å². The van der Waals surface area contributed by atoms with Gasteiger partial charge in [-0.3, -0.25) is 9.69 Å². The van der Waals surface area contributed by atoms with E-state index in [-0.39, 0.29) is 17.8 Å². The molecule has 0 spiro atoms. The summed E-state index contributed by atoms with van der Waals surface area (Å²) in [6.07, 6.45) is 4.20. The number of likely N-dealkylation sites (N-methyl/N-ethyl adjacent to an activating group) is 1. The van der Waals surface area contributed by atoms with Gasteiger partial charge in [0.15, 0.2) is 0 Å². The van der Waals surface area contributed by atoms with Crippen molar-refractivity contribution in [2.75, 3.05) is 26.7 Å². The van der Waals surface area contributed by atoms with Crippen LogP contribution in [0, 0.1) is 5.82 Å². The maximum absolute atomic E-state index is 13.0. The van der Waals surface area contributed by atoms with Crippen LogP contribution in [0.1, 0.15) is 31.2 Å². The van der Waals surface area contributed by atoms with Crippen LogP contribution in [0.4, 0.5) is 4.39 Å². The van der Waals surface area contributed by atoms with Crippen molar-refractivity contribution in [3.63, 3.8) is 0 Å². The lowest BCUT2D eigenvalue weighted by Gasteiger charge is -2.36. The highest BCUT2D eigenvalue weighted by Crippen LogP contribution is 2.23. The summed E-state index contributed by atoms with van der Waals surface area (Å²) in [5.41, 5.74) is 1.07. The minimum atomic E-state index is -0.214. The first-order valence-electron chi connectivity index (χ1n) is 8.62. The van der Waals surface area contributed by atoms with E-state index in [1.807, 2.05) is 24.1 Å². The Morgan fingerprint density at radius 3 is 2.70 bits per heavy atom. The van der Waals surface area contributed by atoms with Crippen LogP contribution < -0.4 is 5.32 Å². The van der Waals surface area contributed by atoms with Gasteiger partial charge in [0.25, 0.3) is 0 Å². The summed E-state index contributed by atoms with van der Waals surface area (Å²) >= 11 is 0. The number of benzene rings is 1. The number of rotatable bonds is 4. The smallest absolute Gasteiger partial charge is 0.239 e. The van der Waals surface area contributed by atoms with E-state index in [2.05, 4.69) is 10.2 Å². The molecule has 2 saturated heterocycles. The Labute approximate surface area is 137 Å². The van der Waals surface area contributed by atoms with E-state index in [0.29, 0.717) is 6.04 Å². The van der Waals surface area contributed by atoms with Gasteiger partial charge in [-0.2, -0.15) is 0 Å². The molecule has 2 fully saturated rings. The summed E-state index contributed by atoms with van der Waals surface area (Å²) in [6.45, 7) is 3.35. The predicted molar refractivity (Wildman–Crippen MR) is 88.5 cm³/mol. The molecule has 1 aromatic carbocycles. The zero-order valence-corrected chi connectivity index (χ0v) is 13.8. The number of hydrogen-bond donors (Lipinski definition) is 1. The first kappa shape index (κ1) is 16.4. The molecule has 0 radical (unpaired) electrons. The van der Waals surface area contributed by atoms with Crippen LogP contribution in [0.15, 0.2) is 24.3 Å². The van der Waals surface area contributed by atoms with Crippen molar-refractivity contribution in [3.8, 4) is 0 Å². The molecule has 4 nitrogen and oxygen atoms in total. The fourth-order valence-electron chi connectivity index (χ4n) is 3.74. The molecule has 0 aliphatic carbocycles. The van der Waals surface area contributed by atoms with Gasteiger partial charge in [-0.25, -0.2) is 4.39 Å². The van der Waals surface area contributed by atoms with Crippen LogP contribution in [-0.4, -0.2) is 54.5 Å². The Kier molecular flexibility index (Phi) is 5.28. The number of halogens is 1. The van der Waals surface area contributed by atoms with Crippen molar-refractivity contribution >= 4 is 5.91 Å². The van der Waals surface area contributed by atoms with Crippen LogP contribution in [0.2, 0.25) is 0 Å². The van der Waals surface area contributed by atoms with E-state index in [1.54, 1.807) is 0 Å². The number of hydrogen-bond acceptors (Lipinski definition) is 3. The Hall–Kier alpha value is -1.46. The molecule has 2 unspecified atom stereocenters. The standard InChI is InChI=1S/C18H26FN3O/c1-20-16-4-2-11-22(13-16)18(23)17-5-3-10-21(17)12-14-6-8-15(19)9-7-14/h6-9,16-17,20H,2-5,10-13H2,1H3. The van der Waals surface area contributed by atoms with E-state index < -0.39 is 0 Å². The molecule has 1 N–H and O–H groups in total. The van der Waals surface area contributed by atoms with Gasteiger partial charge in [0, 0.05) is 25.7 Å². The Morgan fingerprint density at radius 1 is 1.22 bits per heavy atom. The lowest BCUT2D eigenvalue weighted by Crippen LogP contribution is -2.52. The molecule has 1 amide bonds. The van der Waals surface area contributed by atoms with Gasteiger partial charge in [0.2, 0.25) is 5.91 Å².